The molecular weight excluding hydrogens is 936 g/mol. The fourth-order valence-electron chi connectivity index (χ4n) is 9.52. The number of nitrogens with zero attached hydrogens (tertiary/aromatic N) is 1. The molecule has 8 nitrogen and oxygen atoms in total. The normalized spacial score (nSPS) is 14.1. The van der Waals surface area contributed by atoms with Crippen LogP contribution in [0.3, 0.4) is 0 Å². The molecule has 0 aromatic heterocycles. The number of rotatable bonds is 59. The summed E-state index contributed by atoms with van der Waals surface area (Å²) in [5, 5.41) is 13.9. The number of phosphoric acid groups is 1. The monoisotopic (exact) mass is 1060 g/mol. The molecule has 2 N–H and O–H groups in total. The van der Waals surface area contributed by atoms with Crippen molar-refractivity contribution in [3.05, 3.63) is 48.6 Å². The quantitative estimate of drug-likeness (QED) is 0.0272. The van der Waals surface area contributed by atoms with Gasteiger partial charge in [-0.05, 0) is 57.8 Å². The largest absolute Gasteiger partial charge is 0.756 e. The van der Waals surface area contributed by atoms with Gasteiger partial charge in [0.25, 0.3) is 7.82 Å². The van der Waals surface area contributed by atoms with E-state index < -0.39 is 20.0 Å². The van der Waals surface area contributed by atoms with Crippen LogP contribution in [-0.4, -0.2) is 68.5 Å². The molecule has 74 heavy (non-hydrogen) atoms. The Balaban J connectivity index is 3.88. The van der Waals surface area contributed by atoms with Crippen molar-refractivity contribution < 1.29 is 32.9 Å². The molecule has 0 radical (unpaired) electrons. The van der Waals surface area contributed by atoms with Gasteiger partial charge in [0.15, 0.2) is 0 Å². The highest BCUT2D eigenvalue weighted by Gasteiger charge is 2.23. The van der Waals surface area contributed by atoms with E-state index in [9.17, 15) is 19.4 Å². The number of amides is 1. The molecule has 0 aliphatic heterocycles. The molecular formula is C65H125N2O6P. The molecule has 3 atom stereocenters. The predicted molar refractivity (Wildman–Crippen MR) is 321 cm³/mol. The zero-order valence-corrected chi connectivity index (χ0v) is 50.7. The summed E-state index contributed by atoms with van der Waals surface area (Å²) < 4.78 is 23.3. The lowest BCUT2D eigenvalue weighted by molar-refractivity contribution is -0.870. The summed E-state index contributed by atoms with van der Waals surface area (Å²) in [4.78, 5) is 25.5. The molecule has 0 aliphatic rings. The lowest BCUT2D eigenvalue weighted by atomic mass is 10.0. The number of hydrogen-bond acceptors (Lipinski definition) is 6. The Kier molecular flexibility index (Phi) is 55.0. The average molecular weight is 1060 g/mol. The average Bonchev–Trinajstić information content (AvgIpc) is 3.36. The van der Waals surface area contributed by atoms with Crippen LogP contribution in [0.4, 0.5) is 0 Å². The number of unbranched alkanes of at least 4 members (excludes halogenated alkanes) is 40. The zero-order chi connectivity index (χ0) is 54.2. The zero-order valence-electron chi connectivity index (χ0n) is 49.8. The number of carbonyl (C=O) groups excluding carboxylic acids is 1. The number of likely N-dealkylation sites (N-methyl/N-ethyl adjacent to an activating group) is 1. The number of allylic oxidation sites excluding steroid dienone is 7. The predicted octanol–water partition coefficient (Wildman–Crippen LogP) is 19.2. The van der Waals surface area contributed by atoms with E-state index in [1.165, 1.54) is 238 Å². The van der Waals surface area contributed by atoms with Crippen LogP contribution in [-0.2, 0) is 18.4 Å². The van der Waals surface area contributed by atoms with Gasteiger partial charge >= 0.3 is 0 Å². The van der Waals surface area contributed by atoms with Gasteiger partial charge in [0.05, 0.1) is 39.9 Å². The summed E-state index contributed by atoms with van der Waals surface area (Å²) in [6, 6.07) is -0.884. The van der Waals surface area contributed by atoms with Gasteiger partial charge in [0, 0.05) is 6.42 Å². The molecule has 0 aromatic rings. The molecule has 0 rings (SSSR count). The van der Waals surface area contributed by atoms with Crippen molar-refractivity contribution in [3.63, 3.8) is 0 Å². The number of phosphoric ester groups is 1. The minimum Gasteiger partial charge on any atom is -0.756 e. The molecule has 0 aromatic carbocycles. The lowest BCUT2D eigenvalue weighted by Gasteiger charge is -2.29. The minimum absolute atomic E-state index is 0.000439. The first-order valence-corrected chi connectivity index (χ1v) is 33.5. The summed E-state index contributed by atoms with van der Waals surface area (Å²) >= 11 is 0. The molecule has 0 aliphatic carbocycles. The van der Waals surface area contributed by atoms with Crippen molar-refractivity contribution in [2.24, 2.45) is 0 Å². The van der Waals surface area contributed by atoms with Crippen LogP contribution in [0, 0.1) is 0 Å². The van der Waals surface area contributed by atoms with Crippen molar-refractivity contribution in [2.45, 2.75) is 321 Å². The van der Waals surface area contributed by atoms with E-state index in [1.807, 2.05) is 27.2 Å². The molecule has 0 spiro atoms. The highest BCUT2D eigenvalue weighted by molar-refractivity contribution is 7.45. The Morgan fingerprint density at radius 2 is 0.784 bits per heavy atom. The van der Waals surface area contributed by atoms with Gasteiger partial charge in [-0.2, -0.15) is 0 Å². The van der Waals surface area contributed by atoms with Crippen molar-refractivity contribution >= 4 is 13.7 Å². The molecule has 0 saturated carbocycles. The molecule has 3 unspecified atom stereocenters. The Morgan fingerprint density at radius 3 is 1.14 bits per heavy atom. The van der Waals surface area contributed by atoms with Crippen molar-refractivity contribution in [2.75, 3.05) is 40.9 Å². The molecule has 436 valence electrons. The Morgan fingerprint density at radius 1 is 0.473 bits per heavy atom. The third-order valence-corrected chi connectivity index (χ3v) is 15.5. The van der Waals surface area contributed by atoms with Crippen molar-refractivity contribution in [1.82, 2.24) is 5.32 Å². The van der Waals surface area contributed by atoms with Crippen LogP contribution >= 0.6 is 7.82 Å². The molecule has 0 fully saturated rings. The second-order valence-corrected chi connectivity index (χ2v) is 24.5. The minimum atomic E-state index is -4.59. The summed E-state index contributed by atoms with van der Waals surface area (Å²) in [5.74, 6) is -0.193. The molecule has 0 saturated heterocycles. The van der Waals surface area contributed by atoms with Crippen LogP contribution in [0.25, 0.3) is 0 Å². The fraction of sp³-hybridized carbons (Fsp3) is 0.862. The number of aliphatic hydroxyl groups excluding tert-OH is 1. The van der Waals surface area contributed by atoms with E-state index in [2.05, 4.69) is 55.6 Å². The number of carbonyl (C=O) groups is 1. The Labute approximate surface area is 460 Å². The number of hydrogen-bond donors (Lipinski definition) is 2. The maximum atomic E-state index is 13.0. The maximum Gasteiger partial charge on any atom is 0.268 e. The topological polar surface area (TPSA) is 108 Å². The summed E-state index contributed by atoms with van der Waals surface area (Å²) in [5.41, 5.74) is 0. The summed E-state index contributed by atoms with van der Waals surface area (Å²) in [6.45, 7) is 4.66. The molecule has 0 heterocycles. The van der Waals surface area contributed by atoms with Crippen molar-refractivity contribution in [3.8, 4) is 0 Å². The fourth-order valence-corrected chi connectivity index (χ4v) is 10.2. The first-order chi connectivity index (χ1) is 36.0. The maximum absolute atomic E-state index is 13.0. The first-order valence-electron chi connectivity index (χ1n) is 32.0. The van der Waals surface area contributed by atoms with Crippen LogP contribution in [0.1, 0.15) is 309 Å². The number of aliphatic hydroxyl groups is 1. The second-order valence-electron chi connectivity index (χ2n) is 23.1. The van der Waals surface area contributed by atoms with Crippen LogP contribution in [0.15, 0.2) is 48.6 Å². The highest BCUT2D eigenvalue weighted by Crippen LogP contribution is 2.38. The van der Waals surface area contributed by atoms with E-state index in [-0.39, 0.29) is 19.1 Å². The molecule has 0 bridgehead atoms. The van der Waals surface area contributed by atoms with Gasteiger partial charge in [-0.15, -0.1) is 0 Å². The first kappa shape index (κ1) is 72.5. The SMILES string of the molecule is CCCCCCC/C=C\C/C=C\C/C=C\CCCCCCCCCCCCCCCCCCCCCCCCCCC(=O)NC(COP(=O)([O-])OCC[N+](C)(C)C)C(O)/C=C/CCCCCCCCCCCCC. The highest BCUT2D eigenvalue weighted by atomic mass is 31.2. The third kappa shape index (κ3) is 58.1. The second kappa shape index (κ2) is 56.2. The van der Waals surface area contributed by atoms with Gasteiger partial charge < -0.3 is 28.8 Å². The number of quaternary nitrogens is 1. The van der Waals surface area contributed by atoms with Gasteiger partial charge in [0.1, 0.15) is 13.2 Å². The van der Waals surface area contributed by atoms with E-state index in [0.29, 0.717) is 17.4 Å². The summed E-state index contributed by atoms with van der Waals surface area (Å²) in [6.07, 6.45) is 75.1. The standard InChI is InChI=1S/C65H125N2O6P/c1-6-8-10-12-14-16-18-20-21-22-23-24-25-26-27-28-29-30-31-32-33-34-35-36-37-38-39-40-41-42-43-44-45-47-49-51-53-55-57-59-65(69)66-63(62-73-74(70,71)72-61-60-67(3,4)5)64(68)58-56-54-52-50-48-46-19-17-15-13-11-9-7-2/h18,20,22-23,25-26,56,58,63-64,68H,6-17,19,21,24,27-55,57,59-62H2,1-5H3,(H-,66,69,70,71)/b20-18-,23-22-,26-25-,58-56+. The lowest BCUT2D eigenvalue weighted by Crippen LogP contribution is -2.45. The third-order valence-electron chi connectivity index (χ3n) is 14.5. The van der Waals surface area contributed by atoms with Gasteiger partial charge in [-0.25, -0.2) is 0 Å². The van der Waals surface area contributed by atoms with Crippen LogP contribution < -0.4 is 10.2 Å². The van der Waals surface area contributed by atoms with Crippen molar-refractivity contribution in [1.29, 1.82) is 0 Å². The van der Waals surface area contributed by atoms with Gasteiger partial charge in [-0.1, -0.05) is 294 Å². The van der Waals surface area contributed by atoms with Gasteiger partial charge in [-0.3, -0.25) is 9.36 Å². The summed E-state index contributed by atoms with van der Waals surface area (Å²) in [7, 11) is 1.27. The smallest absolute Gasteiger partial charge is 0.268 e. The Hall–Kier alpha value is -1.54. The van der Waals surface area contributed by atoms with Crippen LogP contribution in [0.5, 0.6) is 0 Å². The van der Waals surface area contributed by atoms with Gasteiger partial charge in [0.2, 0.25) is 5.91 Å². The Bertz CT molecular complexity index is 1340. The number of nitrogens with one attached hydrogen (secondary N) is 1. The molecule has 1 amide bonds. The van der Waals surface area contributed by atoms with E-state index in [1.54, 1.807) is 6.08 Å². The van der Waals surface area contributed by atoms with E-state index in [0.717, 1.165) is 51.4 Å². The van der Waals surface area contributed by atoms with Crippen LogP contribution in [0.2, 0.25) is 0 Å². The van der Waals surface area contributed by atoms with E-state index in [4.69, 9.17) is 9.05 Å². The molecule has 9 heteroatoms. The van der Waals surface area contributed by atoms with E-state index >= 15 is 0 Å².